The number of pyridine rings is 1. The second-order valence-corrected chi connectivity index (χ2v) is 3.37. The topological polar surface area (TPSA) is 32.9 Å². The summed E-state index contributed by atoms with van der Waals surface area (Å²) in [6, 6.07) is 7.96. The van der Waals surface area contributed by atoms with Gasteiger partial charge in [0, 0.05) is 29.6 Å². The minimum Gasteiger partial charge on any atom is -0.322 e. The van der Waals surface area contributed by atoms with Crippen LogP contribution in [0.4, 0.5) is 0 Å². The van der Waals surface area contributed by atoms with Gasteiger partial charge in [-0.1, -0.05) is 12.1 Å². The van der Waals surface area contributed by atoms with E-state index >= 15 is 0 Å². The van der Waals surface area contributed by atoms with Gasteiger partial charge in [0.15, 0.2) is 0 Å². The van der Waals surface area contributed by atoms with Gasteiger partial charge in [0.05, 0.1) is 0 Å². The number of rotatable bonds is 0. The average molecular weight is 224 g/mol. The van der Waals surface area contributed by atoms with Crippen molar-refractivity contribution in [3.05, 3.63) is 45.7 Å². The maximum Gasteiger partial charge on any atom is 0.251 e. The van der Waals surface area contributed by atoms with Crippen molar-refractivity contribution >= 4 is 10.9 Å². The number of aromatic amines is 1. The molecule has 1 aromatic heterocycles. The molecule has 1 aromatic carbocycles. The van der Waals surface area contributed by atoms with Crippen LogP contribution in [0.5, 0.6) is 0 Å². The van der Waals surface area contributed by atoms with E-state index in [1.807, 2.05) is 38.1 Å². The quantitative estimate of drug-likeness (QED) is 0.730. The first kappa shape index (κ1) is 11.1. The predicted molar refractivity (Wildman–Crippen MR) is 54.0 cm³/mol. The Labute approximate surface area is 94.2 Å². The Hall–Kier alpha value is -0.986. The zero-order valence-electron chi connectivity index (χ0n) is 8.16. The second-order valence-electron chi connectivity index (χ2n) is 3.37. The molecule has 0 aliphatic carbocycles. The van der Waals surface area contributed by atoms with Gasteiger partial charge in [-0.25, -0.2) is 0 Å². The summed E-state index contributed by atoms with van der Waals surface area (Å²) in [6.07, 6.45) is 0. The van der Waals surface area contributed by atoms with Gasteiger partial charge in [-0.05, 0) is 36.9 Å². The third kappa shape index (κ3) is 1.92. The van der Waals surface area contributed by atoms with Crippen LogP contribution >= 0.6 is 0 Å². The van der Waals surface area contributed by atoms with E-state index in [-0.39, 0.29) is 24.1 Å². The first-order valence-electron chi connectivity index (χ1n) is 4.27. The van der Waals surface area contributed by atoms with E-state index in [1.165, 1.54) is 0 Å². The fourth-order valence-electron chi connectivity index (χ4n) is 1.42. The van der Waals surface area contributed by atoms with Gasteiger partial charge >= 0.3 is 0 Å². The summed E-state index contributed by atoms with van der Waals surface area (Å²) in [5.41, 5.74) is 2.83. The van der Waals surface area contributed by atoms with Crippen molar-refractivity contribution in [1.82, 2.24) is 4.98 Å². The molecule has 0 bridgehead atoms. The number of fused-ring (bicyclic) bond motifs is 1. The molecule has 0 atom stereocenters. The molecule has 0 saturated carbocycles. The molecular formula is C11H11NOV. The van der Waals surface area contributed by atoms with Crippen molar-refractivity contribution in [1.29, 1.82) is 0 Å². The van der Waals surface area contributed by atoms with E-state index in [4.69, 9.17) is 0 Å². The summed E-state index contributed by atoms with van der Waals surface area (Å²) < 4.78 is 0. The zero-order chi connectivity index (χ0) is 9.42. The molecule has 14 heavy (non-hydrogen) atoms. The fraction of sp³-hybridized carbons (Fsp3) is 0.182. The molecule has 0 amide bonds. The average Bonchev–Trinajstić information content (AvgIpc) is 2.08. The summed E-state index contributed by atoms with van der Waals surface area (Å²) in [4.78, 5) is 14.1. The van der Waals surface area contributed by atoms with Crippen molar-refractivity contribution in [2.24, 2.45) is 0 Å². The molecule has 1 radical (unpaired) electrons. The number of aromatic nitrogens is 1. The van der Waals surface area contributed by atoms with Crippen LogP contribution < -0.4 is 5.56 Å². The number of aryl methyl sites for hydroxylation is 2. The smallest absolute Gasteiger partial charge is 0.251 e. The largest absolute Gasteiger partial charge is 0.322 e. The van der Waals surface area contributed by atoms with Gasteiger partial charge < -0.3 is 4.98 Å². The molecule has 1 heterocycles. The van der Waals surface area contributed by atoms with Crippen molar-refractivity contribution in [2.75, 3.05) is 0 Å². The van der Waals surface area contributed by atoms with Gasteiger partial charge in [-0.2, -0.15) is 0 Å². The van der Waals surface area contributed by atoms with E-state index in [0.717, 1.165) is 22.0 Å². The molecular weight excluding hydrogens is 213 g/mol. The van der Waals surface area contributed by atoms with Crippen molar-refractivity contribution < 1.29 is 18.6 Å². The van der Waals surface area contributed by atoms with E-state index in [9.17, 15) is 4.79 Å². The van der Waals surface area contributed by atoms with Crippen LogP contribution in [0.25, 0.3) is 10.9 Å². The Morgan fingerprint density at radius 1 is 1.14 bits per heavy atom. The van der Waals surface area contributed by atoms with Gasteiger partial charge in [-0.3, -0.25) is 4.79 Å². The van der Waals surface area contributed by atoms with Crippen LogP contribution in [0.3, 0.4) is 0 Å². The van der Waals surface area contributed by atoms with Gasteiger partial charge in [-0.15, -0.1) is 0 Å². The third-order valence-electron chi connectivity index (χ3n) is 2.19. The zero-order valence-corrected chi connectivity index (χ0v) is 9.56. The predicted octanol–water partition coefficient (Wildman–Crippen LogP) is 2.14. The molecule has 2 aromatic rings. The Bertz CT molecular complexity index is 516. The monoisotopic (exact) mass is 224 g/mol. The van der Waals surface area contributed by atoms with Gasteiger partial charge in [0.25, 0.3) is 5.56 Å². The summed E-state index contributed by atoms with van der Waals surface area (Å²) in [6.45, 7) is 3.83. The Morgan fingerprint density at radius 2 is 1.86 bits per heavy atom. The van der Waals surface area contributed by atoms with Crippen LogP contribution in [-0.2, 0) is 18.6 Å². The van der Waals surface area contributed by atoms with Crippen molar-refractivity contribution in [3.63, 3.8) is 0 Å². The molecule has 1 N–H and O–H groups in total. The second kappa shape index (κ2) is 4.03. The fourth-order valence-corrected chi connectivity index (χ4v) is 1.42. The Morgan fingerprint density at radius 3 is 2.57 bits per heavy atom. The summed E-state index contributed by atoms with van der Waals surface area (Å²) in [5, 5.41) is 1.09. The minimum absolute atomic E-state index is 0. The van der Waals surface area contributed by atoms with Crippen molar-refractivity contribution in [3.8, 4) is 0 Å². The van der Waals surface area contributed by atoms with Crippen LogP contribution in [-0.4, -0.2) is 4.98 Å². The van der Waals surface area contributed by atoms with E-state index in [0.29, 0.717) is 0 Å². The normalized spacial score (nSPS) is 9.86. The molecule has 0 fully saturated rings. The van der Waals surface area contributed by atoms with Crippen LogP contribution in [0.1, 0.15) is 11.1 Å². The first-order valence-corrected chi connectivity index (χ1v) is 4.27. The number of H-pyrrole nitrogens is 1. The number of benzene rings is 1. The molecule has 0 spiro atoms. The molecule has 0 saturated heterocycles. The number of nitrogens with one attached hydrogen (secondary N) is 1. The standard InChI is InChI=1S/C11H11NO.V/c1-7-3-4-9-6-8(2)11(13)12-10(9)5-7;/h3-6H,1-2H3,(H,12,13);. The number of hydrogen-bond donors (Lipinski definition) is 1. The summed E-state index contributed by atoms with van der Waals surface area (Å²) in [5.74, 6) is 0. The molecule has 2 rings (SSSR count). The van der Waals surface area contributed by atoms with Gasteiger partial charge in [0.1, 0.15) is 0 Å². The molecule has 0 unspecified atom stereocenters. The summed E-state index contributed by atoms with van der Waals surface area (Å²) >= 11 is 0. The third-order valence-corrected chi connectivity index (χ3v) is 2.19. The summed E-state index contributed by atoms with van der Waals surface area (Å²) in [7, 11) is 0. The first-order chi connectivity index (χ1) is 6.16. The molecule has 0 aliphatic heterocycles. The number of hydrogen-bond acceptors (Lipinski definition) is 1. The van der Waals surface area contributed by atoms with Gasteiger partial charge in [0.2, 0.25) is 0 Å². The van der Waals surface area contributed by atoms with E-state index in [2.05, 4.69) is 4.98 Å². The van der Waals surface area contributed by atoms with Crippen LogP contribution in [0, 0.1) is 13.8 Å². The van der Waals surface area contributed by atoms with Crippen molar-refractivity contribution in [2.45, 2.75) is 13.8 Å². The molecule has 2 nitrogen and oxygen atoms in total. The molecule has 3 heteroatoms. The Balaban J connectivity index is 0.000000980. The van der Waals surface area contributed by atoms with E-state index < -0.39 is 0 Å². The molecule has 71 valence electrons. The Kier molecular flexibility index (Phi) is 3.19. The van der Waals surface area contributed by atoms with E-state index in [1.54, 1.807) is 0 Å². The minimum atomic E-state index is -0.00176. The maximum atomic E-state index is 11.3. The maximum absolute atomic E-state index is 11.3. The SMILES string of the molecule is Cc1ccc2cc(C)c(=O)[nH]c2c1.[V]. The molecule has 0 aliphatic rings. The van der Waals surface area contributed by atoms with Crippen LogP contribution in [0.15, 0.2) is 29.1 Å². The van der Waals surface area contributed by atoms with Crippen LogP contribution in [0.2, 0.25) is 0 Å².